The number of hydrogen-bond acceptors (Lipinski definition) is 2. The Bertz CT molecular complexity index is 517. The van der Waals surface area contributed by atoms with Gasteiger partial charge >= 0.3 is 0 Å². The number of nitrogens with zero attached hydrogens (tertiary/aromatic N) is 1. The number of anilines is 2. The van der Waals surface area contributed by atoms with Crippen LogP contribution in [-0.4, -0.2) is 4.98 Å². The average Bonchev–Trinajstić information content (AvgIpc) is 2.24. The summed E-state index contributed by atoms with van der Waals surface area (Å²) in [5, 5.41) is 3.01. The molecule has 1 aromatic carbocycles. The van der Waals surface area contributed by atoms with E-state index in [0.717, 1.165) is 4.60 Å². The maximum atomic E-state index is 13.2. The van der Waals surface area contributed by atoms with Crippen LogP contribution < -0.4 is 5.32 Å². The molecule has 0 saturated heterocycles. The standard InChI is InChI=1S/C11H7Br2FN2/c12-8-5-4-7(6-9(8)14)15-11-3-1-2-10(13)16-11/h1-6H,(H,15,16). The molecule has 0 aliphatic carbocycles. The summed E-state index contributed by atoms with van der Waals surface area (Å²) in [7, 11) is 0. The first-order valence-electron chi connectivity index (χ1n) is 4.50. The van der Waals surface area contributed by atoms with E-state index in [-0.39, 0.29) is 5.82 Å². The van der Waals surface area contributed by atoms with Crippen molar-refractivity contribution < 1.29 is 4.39 Å². The number of hydrogen-bond donors (Lipinski definition) is 1. The maximum absolute atomic E-state index is 13.2. The van der Waals surface area contributed by atoms with Crippen molar-refractivity contribution in [1.82, 2.24) is 4.98 Å². The molecule has 5 heteroatoms. The van der Waals surface area contributed by atoms with E-state index in [2.05, 4.69) is 42.2 Å². The van der Waals surface area contributed by atoms with Crippen LogP contribution in [-0.2, 0) is 0 Å². The molecule has 16 heavy (non-hydrogen) atoms. The molecule has 2 aromatic rings. The number of halogens is 3. The summed E-state index contributed by atoms with van der Waals surface area (Å²) in [5.74, 6) is 0.357. The lowest BCUT2D eigenvalue weighted by atomic mass is 10.3. The Kier molecular flexibility index (Phi) is 3.56. The Morgan fingerprint density at radius 2 is 1.94 bits per heavy atom. The number of rotatable bonds is 2. The fourth-order valence-electron chi connectivity index (χ4n) is 1.20. The highest BCUT2D eigenvalue weighted by Crippen LogP contribution is 2.22. The van der Waals surface area contributed by atoms with Crippen molar-refractivity contribution in [3.8, 4) is 0 Å². The molecule has 82 valence electrons. The highest BCUT2D eigenvalue weighted by atomic mass is 79.9. The summed E-state index contributed by atoms with van der Waals surface area (Å²) < 4.78 is 14.4. The summed E-state index contributed by atoms with van der Waals surface area (Å²) in [5.41, 5.74) is 0.659. The SMILES string of the molecule is Fc1cc(Nc2cccc(Br)n2)ccc1Br. The van der Waals surface area contributed by atoms with E-state index in [4.69, 9.17) is 0 Å². The summed E-state index contributed by atoms with van der Waals surface area (Å²) in [6.45, 7) is 0. The van der Waals surface area contributed by atoms with Gasteiger partial charge in [-0.25, -0.2) is 9.37 Å². The predicted octanol–water partition coefficient (Wildman–Crippen LogP) is 4.49. The minimum atomic E-state index is -0.306. The summed E-state index contributed by atoms with van der Waals surface area (Å²) in [6.07, 6.45) is 0. The van der Waals surface area contributed by atoms with E-state index in [1.165, 1.54) is 6.07 Å². The van der Waals surface area contributed by atoms with Gasteiger partial charge in [0.1, 0.15) is 16.2 Å². The van der Waals surface area contributed by atoms with Crippen LogP contribution in [0.25, 0.3) is 0 Å². The summed E-state index contributed by atoms with van der Waals surface area (Å²) >= 11 is 6.37. The lowest BCUT2D eigenvalue weighted by Crippen LogP contribution is -1.94. The zero-order valence-corrected chi connectivity index (χ0v) is 11.2. The molecule has 0 amide bonds. The molecule has 0 unspecified atom stereocenters. The molecule has 1 heterocycles. The van der Waals surface area contributed by atoms with E-state index in [1.54, 1.807) is 12.1 Å². The first kappa shape index (κ1) is 11.5. The van der Waals surface area contributed by atoms with Crippen LogP contribution in [0.4, 0.5) is 15.9 Å². The molecular weight excluding hydrogens is 339 g/mol. The molecule has 2 nitrogen and oxygen atoms in total. The quantitative estimate of drug-likeness (QED) is 0.811. The summed E-state index contributed by atoms with van der Waals surface area (Å²) in [4.78, 5) is 4.19. The van der Waals surface area contributed by atoms with Crippen LogP contribution in [0.3, 0.4) is 0 Å². The molecule has 0 saturated carbocycles. The third kappa shape index (κ3) is 2.80. The monoisotopic (exact) mass is 344 g/mol. The van der Waals surface area contributed by atoms with Gasteiger partial charge in [-0.15, -0.1) is 0 Å². The van der Waals surface area contributed by atoms with Gasteiger partial charge in [-0.1, -0.05) is 6.07 Å². The van der Waals surface area contributed by atoms with Gasteiger partial charge in [0.25, 0.3) is 0 Å². The lowest BCUT2D eigenvalue weighted by Gasteiger charge is -2.06. The topological polar surface area (TPSA) is 24.9 Å². The van der Waals surface area contributed by atoms with Crippen LogP contribution >= 0.6 is 31.9 Å². The maximum Gasteiger partial charge on any atom is 0.139 e. The van der Waals surface area contributed by atoms with Gasteiger partial charge in [0, 0.05) is 5.69 Å². The van der Waals surface area contributed by atoms with Gasteiger partial charge in [-0.05, 0) is 62.2 Å². The average molecular weight is 346 g/mol. The molecule has 2 rings (SSSR count). The van der Waals surface area contributed by atoms with Crippen LogP contribution in [0, 0.1) is 5.82 Å². The fraction of sp³-hybridized carbons (Fsp3) is 0. The first-order valence-corrected chi connectivity index (χ1v) is 6.08. The fourth-order valence-corrected chi connectivity index (χ4v) is 1.79. The van der Waals surface area contributed by atoms with Gasteiger partial charge in [0.2, 0.25) is 0 Å². The van der Waals surface area contributed by atoms with Crippen molar-refractivity contribution in [2.45, 2.75) is 0 Å². The molecule has 0 atom stereocenters. The highest BCUT2D eigenvalue weighted by Gasteiger charge is 2.01. The van der Waals surface area contributed by atoms with Gasteiger partial charge in [0.15, 0.2) is 0 Å². The smallest absolute Gasteiger partial charge is 0.139 e. The largest absolute Gasteiger partial charge is 0.340 e. The van der Waals surface area contributed by atoms with Crippen LogP contribution in [0.5, 0.6) is 0 Å². The van der Waals surface area contributed by atoms with Crippen molar-refractivity contribution in [2.24, 2.45) is 0 Å². The minimum Gasteiger partial charge on any atom is -0.340 e. The van der Waals surface area contributed by atoms with Crippen molar-refractivity contribution in [2.75, 3.05) is 5.32 Å². The third-order valence-electron chi connectivity index (χ3n) is 1.91. The molecular formula is C11H7Br2FN2. The number of nitrogens with one attached hydrogen (secondary N) is 1. The van der Waals surface area contributed by atoms with Crippen molar-refractivity contribution in [3.63, 3.8) is 0 Å². The minimum absolute atomic E-state index is 0.306. The zero-order chi connectivity index (χ0) is 11.5. The Morgan fingerprint density at radius 3 is 2.62 bits per heavy atom. The Hall–Kier alpha value is -0.940. The Balaban J connectivity index is 2.24. The van der Waals surface area contributed by atoms with Gasteiger partial charge in [0.05, 0.1) is 4.47 Å². The highest BCUT2D eigenvalue weighted by molar-refractivity contribution is 9.10. The van der Waals surface area contributed by atoms with E-state index < -0.39 is 0 Å². The van der Waals surface area contributed by atoms with Crippen LogP contribution in [0.15, 0.2) is 45.5 Å². The number of aromatic nitrogens is 1. The zero-order valence-electron chi connectivity index (χ0n) is 8.05. The van der Waals surface area contributed by atoms with Crippen molar-refractivity contribution >= 4 is 43.4 Å². The van der Waals surface area contributed by atoms with Crippen molar-refractivity contribution in [1.29, 1.82) is 0 Å². The molecule has 0 aliphatic heterocycles. The second kappa shape index (κ2) is 4.93. The molecule has 0 radical (unpaired) electrons. The molecule has 1 N–H and O–H groups in total. The van der Waals surface area contributed by atoms with Crippen molar-refractivity contribution in [3.05, 3.63) is 51.3 Å². The second-order valence-electron chi connectivity index (χ2n) is 3.10. The van der Waals surface area contributed by atoms with Gasteiger partial charge in [-0.2, -0.15) is 0 Å². The normalized spacial score (nSPS) is 10.2. The number of benzene rings is 1. The van der Waals surface area contributed by atoms with Crippen LogP contribution in [0.2, 0.25) is 0 Å². The van der Waals surface area contributed by atoms with E-state index in [0.29, 0.717) is 16.0 Å². The third-order valence-corrected chi connectivity index (χ3v) is 2.99. The lowest BCUT2D eigenvalue weighted by molar-refractivity contribution is 0.622. The second-order valence-corrected chi connectivity index (χ2v) is 4.77. The van der Waals surface area contributed by atoms with Gasteiger partial charge in [-0.3, -0.25) is 0 Å². The first-order chi connectivity index (χ1) is 7.65. The Labute approximate surface area is 109 Å². The molecule has 1 aromatic heterocycles. The molecule has 0 aliphatic rings. The Morgan fingerprint density at radius 1 is 1.12 bits per heavy atom. The van der Waals surface area contributed by atoms with E-state index in [1.807, 2.05) is 18.2 Å². The predicted molar refractivity (Wildman–Crippen MR) is 69.3 cm³/mol. The summed E-state index contributed by atoms with van der Waals surface area (Å²) in [6, 6.07) is 10.3. The van der Waals surface area contributed by atoms with Gasteiger partial charge < -0.3 is 5.32 Å². The van der Waals surface area contributed by atoms with E-state index in [9.17, 15) is 4.39 Å². The van der Waals surface area contributed by atoms with E-state index >= 15 is 0 Å². The van der Waals surface area contributed by atoms with Crippen LogP contribution in [0.1, 0.15) is 0 Å². The number of pyridine rings is 1. The molecule has 0 bridgehead atoms. The molecule has 0 fully saturated rings. The molecule has 0 spiro atoms.